The van der Waals surface area contributed by atoms with Crippen molar-refractivity contribution in [1.29, 1.82) is 0 Å². The van der Waals surface area contributed by atoms with Gasteiger partial charge in [-0.15, -0.1) is 11.3 Å². The van der Waals surface area contributed by atoms with E-state index in [-0.39, 0.29) is 0 Å². The van der Waals surface area contributed by atoms with Crippen LogP contribution in [0, 0.1) is 12.3 Å². The predicted molar refractivity (Wildman–Crippen MR) is 72.8 cm³/mol. The molecular weight excluding hydrogens is 216 g/mol. The van der Waals surface area contributed by atoms with Crippen LogP contribution in [-0.2, 0) is 6.54 Å². The van der Waals surface area contributed by atoms with Crippen LogP contribution in [0.3, 0.4) is 0 Å². The summed E-state index contributed by atoms with van der Waals surface area (Å²) in [5, 5.41) is 2.17. The summed E-state index contributed by atoms with van der Waals surface area (Å²) in [6, 6.07) is 2.19. The van der Waals surface area contributed by atoms with E-state index in [4.69, 9.17) is 5.73 Å². The molecule has 0 atom stereocenters. The number of nitrogens with two attached hydrogens (primary N) is 1. The first kappa shape index (κ1) is 13.7. The highest BCUT2D eigenvalue weighted by Crippen LogP contribution is 2.23. The van der Waals surface area contributed by atoms with Crippen LogP contribution in [0.2, 0.25) is 0 Å². The number of hydrogen-bond donors (Lipinski definition) is 1. The number of hydrogen-bond acceptors (Lipinski definition) is 3. The molecule has 16 heavy (non-hydrogen) atoms. The number of rotatable bonds is 6. The first-order valence-electron chi connectivity index (χ1n) is 5.86. The Hall–Kier alpha value is -0.380. The third-order valence-electron chi connectivity index (χ3n) is 2.90. The number of aryl methyl sites for hydroxylation is 1. The summed E-state index contributed by atoms with van der Waals surface area (Å²) in [6.07, 6.45) is 1.08. The van der Waals surface area contributed by atoms with Gasteiger partial charge >= 0.3 is 0 Å². The van der Waals surface area contributed by atoms with Crippen molar-refractivity contribution >= 4 is 11.3 Å². The first-order valence-corrected chi connectivity index (χ1v) is 6.74. The van der Waals surface area contributed by atoms with Crippen LogP contribution in [0.1, 0.15) is 30.7 Å². The molecule has 1 rings (SSSR count). The molecule has 0 aliphatic rings. The SMILES string of the molecule is Cc1ccsc1CN(C)CC(C)(C)CCN. The van der Waals surface area contributed by atoms with Gasteiger partial charge in [-0.05, 0) is 49.4 Å². The molecule has 0 saturated carbocycles. The maximum atomic E-state index is 5.63. The topological polar surface area (TPSA) is 29.3 Å². The third kappa shape index (κ3) is 4.24. The second-order valence-electron chi connectivity index (χ2n) is 5.40. The minimum Gasteiger partial charge on any atom is -0.330 e. The zero-order valence-corrected chi connectivity index (χ0v) is 11.7. The quantitative estimate of drug-likeness (QED) is 0.828. The molecule has 0 amide bonds. The third-order valence-corrected chi connectivity index (χ3v) is 3.91. The van der Waals surface area contributed by atoms with E-state index in [2.05, 4.69) is 44.2 Å². The fourth-order valence-electron chi connectivity index (χ4n) is 2.07. The molecule has 2 N–H and O–H groups in total. The van der Waals surface area contributed by atoms with Gasteiger partial charge in [0.25, 0.3) is 0 Å². The Kier molecular flexibility index (Phi) is 4.96. The average molecular weight is 240 g/mol. The molecule has 3 heteroatoms. The van der Waals surface area contributed by atoms with Crippen LogP contribution in [0.4, 0.5) is 0 Å². The molecule has 0 bridgehead atoms. The van der Waals surface area contributed by atoms with Gasteiger partial charge in [0.1, 0.15) is 0 Å². The van der Waals surface area contributed by atoms with Crippen LogP contribution in [0.5, 0.6) is 0 Å². The normalized spacial score (nSPS) is 12.4. The van der Waals surface area contributed by atoms with Gasteiger partial charge in [-0.2, -0.15) is 0 Å². The van der Waals surface area contributed by atoms with Crippen molar-refractivity contribution in [2.24, 2.45) is 11.1 Å². The van der Waals surface area contributed by atoms with Gasteiger partial charge in [0, 0.05) is 18.0 Å². The summed E-state index contributed by atoms with van der Waals surface area (Å²) in [5.41, 5.74) is 7.36. The Labute approximate surface area is 103 Å². The molecule has 0 aliphatic heterocycles. The van der Waals surface area contributed by atoms with Gasteiger partial charge < -0.3 is 10.6 Å². The van der Waals surface area contributed by atoms with Crippen LogP contribution in [0.15, 0.2) is 11.4 Å². The summed E-state index contributed by atoms with van der Waals surface area (Å²) >= 11 is 1.85. The predicted octanol–water partition coefficient (Wildman–Crippen LogP) is 2.86. The van der Waals surface area contributed by atoms with E-state index in [0.717, 1.165) is 26.1 Å². The molecule has 1 aromatic rings. The van der Waals surface area contributed by atoms with Gasteiger partial charge in [0.15, 0.2) is 0 Å². The van der Waals surface area contributed by atoms with Gasteiger partial charge in [-0.25, -0.2) is 0 Å². The van der Waals surface area contributed by atoms with E-state index in [0.29, 0.717) is 5.41 Å². The highest BCUT2D eigenvalue weighted by molar-refractivity contribution is 7.10. The van der Waals surface area contributed by atoms with Crippen molar-refractivity contribution in [2.75, 3.05) is 20.1 Å². The molecule has 92 valence electrons. The lowest BCUT2D eigenvalue weighted by atomic mass is 9.89. The van der Waals surface area contributed by atoms with E-state index < -0.39 is 0 Å². The largest absolute Gasteiger partial charge is 0.330 e. The maximum absolute atomic E-state index is 5.63. The number of nitrogens with zero attached hydrogens (tertiary/aromatic N) is 1. The van der Waals surface area contributed by atoms with Crippen LogP contribution >= 0.6 is 11.3 Å². The molecule has 1 heterocycles. The first-order chi connectivity index (χ1) is 7.44. The Morgan fingerprint density at radius 3 is 2.62 bits per heavy atom. The molecule has 0 unspecified atom stereocenters. The average Bonchev–Trinajstić information content (AvgIpc) is 2.50. The molecule has 0 radical (unpaired) electrons. The van der Waals surface area contributed by atoms with Crippen LogP contribution < -0.4 is 5.73 Å². The monoisotopic (exact) mass is 240 g/mol. The Morgan fingerprint density at radius 1 is 1.44 bits per heavy atom. The molecule has 0 spiro atoms. The fourth-order valence-corrected chi connectivity index (χ4v) is 3.05. The van der Waals surface area contributed by atoms with E-state index >= 15 is 0 Å². The zero-order chi connectivity index (χ0) is 12.2. The molecule has 2 nitrogen and oxygen atoms in total. The minimum absolute atomic E-state index is 0.314. The van der Waals surface area contributed by atoms with E-state index in [1.807, 2.05) is 11.3 Å². The van der Waals surface area contributed by atoms with Gasteiger partial charge in [-0.1, -0.05) is 13.8 Å². The van der Waals surface area contributed by atoms with Crippen molar-refractivity contribution in [2.45, 2.75) is 33.7 Å². The summed E-state index contributed by atoms with van der Waals surface area (Å²) in [6.45, 7) is 9.69. The summed E-state index contributed by atoms with van der Waals surface area (Å²) in [4.78, 5) is 3.88. The Balaban J connectivity index is 2.47. The van der Waals surface area contributed by atoms with E-state index in [1.54, 1.807) is 0 Å². The van der Waals surface area contributed by atoms with Crippen molar-refractivity contribution in [3.63, 3.8) is 0 Å². The highest BCUT2D eigenvalue weighted by Gasteiger charge is 2.19. The van der Waals surface area contributed by atoms with Gasteiger partial charge in [0.05, 0.1) is 0 Å². The second-order valence-corrected chi connectivity index (χ2v) is 6.40. The highest BCUT2D eigenvalue weighted by atomic mass is 32.1. The molecule has 0 aliphatic carbocycles. The molecule has 0 saturated heterocycles. The standard InChI is InChI=1S/C13H24N2S/c1-11-5-8-16-12(11)9-15(4)10-13(2,3)6-7-14/h5,8H,6-7,9-10,14H2,1-4H3. The molecule has 1 aromatic heterocycles. The van der Waals surface area contributed by atoms with Crippen molar-refractivity contribution in [3.05, 3.63) is 21.9 Å². The van der Waals surface area contributed by atoms with Crippen molar-refractivity contribution in [3.8, 4) is 0 Å². The summed E-state index contributed by atoms with van der Waals surface area (Å²) < 4.78 is 0. The van der Waals surface area contributed by atoms with Crippen LogP contribution in [-0.4, -0.2) is 25.0 Å². The van der Waals surface area contributed by atoms with Crippen molar-refractivity contribution < 1.29 is 0 Å². The Morgan fingerprint density at radius 2 is 2.12 bits per heavy atom. The molecular formula is C13H24N2S. The molecule has 0 fully saturated rings. The maximum Gasteiger partial charge on any atom is 0.0327 e. The lowest BCUT2D eigenvalue weighted by Gasteiger charge is -2.29. The lowest BCUT2D eigenvalue weighted by Crippen LogP contribution is -2.32. The minimum atomic E-state index is 0.314. The van der Waals surface area contributed by atoms with E-state index in [1.165, 1.54) is 10.4 Å². The van der Waals surface area contributed by atoms with Gasteiger partial charge in [0.2, 0.25) is 0 Å². The zero-order valence-electron chi connectivity index (χ0n) is 10.9. The summed E-state index contributed by atoms with van der Waals surface area (Å²) in [7, 11) is 2.19. The fraction of sp³-hybridized carbons (Fsp3) is 0.692. The van der Waals surface area contributed by atoms with Gasteiger partial charge in [-0.3, -0.25) is 0 Å². The smallest absolute Gasteiger partial charge is 0.0327 e. The van der Waals surface area contributed by atoms with Crippen LogP contribution in [0.25, 0.3) is 0 Å². The Bertz CT molecular complexity index is 317. The van der Waals surface area contributed by atoms with Crippen molar-refractivity contribution in [1.82, 2.24) is 4.90 Å². The number of thiophene rings is 1. The molecule has 0 aromatic carbocycles. The lowest BCUT2D eigenvalue weighted by molar-refractivity contribution is 0.196. The summed E-state index contributed by atoms with van der Waals surface area (Å²) in [5.74, 6) is 0. The second kappa shape index (κ2) is 5.80. The van der Waals surface area contributed by atoms with E-state index in [9.17, 15) is 0 Å².